The molecule has 0 saturated carbocycles. The molecular weight excluding hydrogens is 200 g/mol. The van der Waals surface area contributed by atoms with E-state index < -0.39 is 16.2 Å². The number of hydrogen-bond donors (Lipinski definition) is 1. The van der Waals surface area contributed by atoms with Gasteiger partial charge in [-0.15, -0.1) is 0 Å². The van der Waals surface area contributed by atoms with Crippen LogP contribution in [0.5, 0.6) is 0 Å². The van der Waals surface area contributed by atoms with Crippen LogP contribution in [0.4, 0.5) is 5.69 Å². The fourth-order valence-electron chi connectivity index (χ4n) is 1.19. The summed E-state index contributed by atoms with van der Waals surface area (Å²) in [5, 5.41) is 10.4. The normalized spacial score (nSPS) is 10.1. The van der Waals surface area contributed by atoms with E-state index in [1.54, 1.807) is 12.1 Å². The van der Waals surface area contributed by atoms with E-state index in [0.29, 0.717) is 11.5 Å². The second kappa shape index (κ2) is 3.41. The number of rotatable bonds is 2. The second-order valence-electron chi connectivity index (χ2n) is 2.82. The molecule has 0 bridgehead atoms. The van der Waals surface area contributed by atoms with Crippen molar-refractivity contribution in [1.82, 2.24) is 4.98 Å². The van der Waals surface area contributed by atoms with Crippen LogP contribution in [0.3, 0.4) is 0 Å². The van der Waals surface area contributed by atoms with Crippen LogP contribution in [0.2, 0.25) is 0 Å². The van der Waals surface area contributed by atoms with Gasteiger partial charge in [0.1, 0.15) is 5.76 Å². The van der Waals surface area contributed by atoms with Gasteiger partial charge in [-0.25, -0.2) is 0 Å². The zero-order valence-corrected chi connectivity index (χ0v) is 7.47. The number of aromatic amines is 1. The Morgan fingerprint density at radius 3 is 2.67 bits per heavy atom. The zero-order chi connectivity index (χ0) is 10.8. The number of aromatic nitrogens is 1. The van der Waals surface area contributed by atoms with Gasteiger partial charge in [0.05, 0.1) is 16.9 Å². The highest BCUT2D eigenvalue weighted by Crippen LogP contribution is 2.16. The summed E-state index contributed by atoms with van der Waals surface area (Å²) in [5.74, 6) is 0.460. The third kappa shape index (κ3) is 1.64. The summed E-state index contributed by atoms with van der Waals surface area (Å²) in [5.41, 5.74) is -0.810. The minimum Gasteiger partial charge on any atom is -0.463 e. The molecule has 0 spiro atoms. The molecule has 0 aliphatic rings. The molecule has 76 valence electrons. The Hall–Kier alpha value is -2.37. The number of H-pyrrole nitrogens is 1. The lowest BCUT2D eigenvalue weighted by molar-refractivity contribution is -0.386. The molecule has 2 aromatic rings. The fourth-order valence-corrected chi connectivity index (χ4v) is 1.19. The van der Waals surface area contributed by atoms with Gasteiger partial charge in [0.2, 0.25) is 0 Å². The topological polar surface area (TPSA) is 89.1 Å². The van der Waals surface area contributed by atoms with E-state index in [-0.39, 0.29) is 0 Å². The predicted molar refractivity (Wildman–Crippen MR) is 51.4 cm³/mol. The molecule has 2 aromatic heterocycles. The Morgan fingerprint density at radius 2 is 2.13 bits per heavy atom. The Morgan fingerprint density at radius 1 is 1.33 bits per heavy atom. The molecule has 0 amide bonds. The van der Waals surface area contributed by atoms with Gasteiger partial charge in [0.15, 0.2) is 0 Å². The predicted octanol–water partition coefficient (Wildman–Crippen LogP) is 1.54. The lowest BCUT2D eigenvalue weighted by Gasteiger charge is -1.95. The first kappa shape index (κ1) is 9.20. The van der Waals surface area contributed by atoms with E-state index in [1.807, 2.05) is 0 Å². The maximum Gasteiger partial charge on any atom is 0.333 e. The minimum absolute atomic E-state index is 0.413. The fraction of sp³-hybridized carbons (Fsp3) is 0. The number of hydrogen-bond acceptors (Lipinski definition) is 4. The lowest BCUT2D eigenvalue weighted by Crippen LogP contribution is -2.11. The molecule has 2 heterocycles. The summed E-state index contributed by atoms with van der Waals surface area (Å²) in [6.07, 6.45) is 1.45. The number of furan rings is 1. The molecule has 0 aromatic carbocycles. The number of pyridine rings is 1. The largest absolute Gasteiger partial charge is 0.463 e. The number of nitro groups is 1. The molecule has 0 aliphatic carbocycles. The van der Waals surface area contributed by atoms with Gasteiger partial charge in [0.25, 0.3) is 0 Å². The average Bonchev–Trinajstić information content (AvgIpc) is 2.69. The van der Waals surface area contributed by atoms with Crippen molar-refractivity contribution in [3.8, 4) is 11.5 Å². The van der Waals surface area contributed by atoms with Crippen LogP contribution in [0.1, 0.15) is 0 Å². The third-order valence-corrected chi connectivity index (χ3v) is 1.87. The highest BCUT2D eigenvalue weighted by atomic mass is 16.6. The van der Waals surface area contributed by atoms with Crippen LogP contribution in [0.25, 0.3) is 11.5 Å². The first-order valence-electron chi connectivity index (χ1n) is 4.10. The van der Waals surface area contributed by atoms with Crippen molar-refractivity contribution in [3.63, 3.8) is 0 Å². The summed E-state index contributed by atoms with van der Waals surface area (Å²) in [6, 6.07) is 5.89. The Labute approximate surface area is 83.3 Å². The van der Waals surface area contributed by atoms with Crippen molar-refractivity contribution < 1.29 is 9.34 Å². The van der Waals surface area contributed by atoms with Gasteiger partial charge in [-0.2, -0.15) is 0 Å². The molecule has 0 atom stereocenters. The van der Waals surface area contributed by atoms with Gasteiger partial charge in [-0.05, 0) is 18.2 Å². The van der Waals surface area contributed by atoms with Crippen molar-refractivity contribution in [2.24, 2.45) is 0 Å². The molecule has 15 heavy (non-hydrogen) atoms. The first-order chi connectivity index (χ1) is 7.18. The summed E-state index contributed by atoms with van der Waals surface area (Å²) in [7, 11) is 0. The molecule has 1 N–H and O–H groups in total. The van der Waals surface area contributed by atoms with E-state index in [9.17, 15) is 14.9 Å². The second-order valence-corrected chi connectivity index (χ2v) is 2.82. The molecule has 2 rings (SSSR count). The number of nitrogens with one attached hydrogen (secondary N) is 1. The van der Waals surface area contributed by atoms with Gasteiger partial charge in [-0.1, -0.05) is 0 Å². The monoisotopic (exact) mass is 206 g/mol. The molecule has 6 nitrogen and oxygen atoms in total. The van der Waals surface area contributed by atoms with Gasteiger partial charge in [0, 0.05) is 6.07 Å². The maximum absolute atomic E-state index is 11.2. The van der Waals surface area contributed by atoms with E-state index in [2.05, 4.69) is 4.98 Å². The summed E-state index contributed by atoms with van der Waals surface area (Å²) in [6.45, 7) is 0. The van der Waals surface area contributed by atoms with E-state index in [4.69, 9.17) is 4.42 Å². The smallest absolute Gasteiger partial charge is 0.333 e. The summed E-state index contributed by atoms with van der Waals surface area (Å²) in [4.78, 5) is 23.3. The van der Waals surface area contributed by atoms with Crippen LogP contribution in [-0.2, 0) is 0 Å². The van der Waals surface area contributed by atoms with E-state index >= 15 is 0 Å². The highest BCUT2D eigenvalue weighted by Gasteiger charge is 2.12. The summed E-state index contributed by atoms with van der Waals surface area (Å²) < 4.78 is 5.03. The van der Waals surface area contributed by atoms with Crippen LogP contribution in [0.15, 0.2) is 39.7 Å². The SMILES string of the molecule is O=c1[nH]c(-c2ccco2)ccc1[N+](=O)[O-]. The van der Waals surface area contributed by atoms with Gasteiger partial charge >= 0.3 is 11.2 Å². The van der Waals surface area contributed by atoms with Crippen molar-refractivity contribution in [1.29, 1.82) is 0 Å². The standard InChI is InChI=1S/C9H6N2O4/c12-9-7(11(13)14)4-3-6(10-9)8-2-1-5-15-8/h1-5H,(H,10,12). The van der Waals surface area contributed by atoms with Gasteiger partial charge in [-0.3, -0.25) is 14.9 Å². The molecule has 0 aliphatic heterocycles. The van der Waals surface area contributed by atoms with Crippen LogP contribution in [0, 0.1) is 10.1 Å². The van der Waals surface area contributed by atoms with Crippen LogP contribution >= 0.6 is 0 Å². The Bertz CT molecular complexity index is 541. The van der Waals surface area contributed by atoms with Crippen molar-refractivity contribution in [2.45, 2.75) is 0 Å². The quantitative estimate of drug-likeness (QED) is 0.596. The molecule has 6 heteroatoms. The maximum atomic E-state index is 11.2. The molecular formula is C9H6N2O4. The average molecular weight is 206 g/mol. The Kier molecular flexibility index (Phi) is 2.09. The summed E-state index contributed by atoms with van der Waals surface area (Å²) >= 11 is 0. The van der Waals surface area contributed by atoms with Gasteiger partial charge < -0.3 is 9.40 Å². The Balaban J connectivity index is 2.52. The minimum atomic E-state index is -0.742. The van der Waals surface area contributed by atoms with Crippen molar-refractivity contribution in [2.75, 3.05) is 0 Å². The van der Waals surface area contributed by atoms with Crippen molar-refractivity contribution in [3.05, 3.63) is 51.0 Å². The zero-order valence-electron chi connectivity index (χ0n) is 7.47. The molecule has 0 saturated heterocycles. The highest BCUT2D eigenvalue weighted by molar-refractivity contribution is 5.52. The molecule has 0 fully saturated rings. The number of nitrogens with zero attached hydrogens (tertiary/aromatic N) is 1. The van der Waals surface area contributed by atoms with E-state index in [1.165, 1.54) is 12.3 Å². The third-order valence-electron chi connectivity index (χ3n) is 1.87. The molecule has 0 unspecified atom stereocenters. The van der Waals surface area contributed by atoms with Crippen LogP contribution in [-0.4, -0.2) is 9.91 Å². The molecule has 0 radical (unpaired) electrons. The van der Waals surface area contributed by atoms with Crippen LogP contribution < -0.4 is 5.56 Å². The first-order valence-corrected chi connectivity index (χ1v) is 4.10. The lowest BCUT2D eigenvalue weighted by atomic mass is 10.3. The van der Waals surface area contributed by atoms with E-state index in [0.717, 1.165) is 6.07 Å². The van der Waals surface area contributed by atoms with Crippen molar-refractivity contribution >= 4 is 5.69 Å².